The second-order valence-corrected chi connectivity index (χ2v) is 23.2. The Bertz CT molecular complexity index is 1420. The number of aliphatic hydroxyl groups excluding tert-OH is 2. The maximum atomic E-state index is 12.6. The summed E-state index contributed by atoms with van der Waals surface area (Å²) in [5.41, 5.74) is 0. The van der Waals surface area contributed by atoms with Gasteiger partial charge in [0, 0.05) is 6.42 Å². The number of rotatable bonds is 63. The quantitative estimate of drug-likeness (QED) is 0.0420. The Morgan fingerprint density at radius 2 is 0.564 bits per heavy atom. The van der Waals surface area contributed by atoms with E-state index in [4.69, 9.17) is 0 Å². The van der Waals surface area contributed by atoms with Gasteiger partial charge in [-0.05, 0) is 77.0 Å². The minimum atomic E-state index is -0.667. The molecule has 0 radical (unpaired) electrons. The van der Waals surface area contributed by atoms with Gasteiger partial charge in [0.05, 0.1) is 18.8 Å². The molecule has 0 heterocycles. The summed E-state index contributed by atoms with van der Waals surface area (Å²) in [5.74, 6) is -0.0322. The molecule has 0 saturated carbocycles. The molecule has 4 heteroatoms. The maximum absolute atomic E-state index is 12.6. The molecule has 0 aromatic carbocycles. The Morgan fingerprint density at radius 1 is 0.321 bits per heavy atom. The average molecular weight is 1080 g/mol. The summed E-state index contributed by atoms with van der Waals surface area (Å²) in [7, 11) is 0. The van der Waals surface area contributed by atoms with Crippen LogP contribution in [0.3, 0.4) is 0 Å². The molecule has 0 saturated heterocycles. The van der Waals surface area contributed by atoms with E-state index in [0.29, 0.717) is 12.8 Å². The highest BCUT2D eigenvalue weighted by atomic mass is 16.3. The Balaban J connectivity index is 3.48. The van der Waals surface area contributed by atoms with Crippen molar-refractivity contribution in [3.63, 3.8) is 0 Å². The van der Waals surface area contributed by atoms with Gasteiger partial charge in [-0.25, -0.2) is 0 Å². The van der Waals surface area contributed by atoms with Gasteiger partial charge >= 0.3 is 0 Å². The number of aliphatic hydroxyl groups is 2. The van der Waals surface area contributed by atoms with Crippen LogP contribution in [0.4, 0.5) is 0 Å². The zero-order valence-corrected chi connectivity index (χ0v) is 52.2. The van der Waals surface area contributed by atoms with Gasteiger partial charge in [0.1, 0.15) is 0 Å². The molecular formula is C74H133NO3. The van der Waals surface area contributed by atoms with Gasteiger partial charge < -0.3 is 15.5 Å². The lowest BCUT2D eigenvalue weighted by atomic mass is 10.0. The van der Waals surface area contributed by atoms with Crippen molar-refractivity contribution in [2.45, 2.75) is 360 Å². The van der Waals surface area contributed by atoms with Crippen molar-refractivity contribution in [3.8, 4) is 0 Å². The standard InChI is InChI=1S/C74H133NO3/c1-3-5-7-9-11-13-15-17-19-21-23-25-27-29-31-33-34-35-36-37-38-39-40-42-44-46-48-50-52-54-56-58-60-62-64-66-68-70-74(78)75-72(71-76)73(77)69-67-65-63-61-59-57-55-53-51-49-47-45-43-41-32-30-28-26-24-22-20-18-16-14-12-10-8-6-4-2/h5,7,11,13,17,19,23,25,29,31,34-35,37-38,40,42,72-73,76-77H,3-4,6,8-10,12,14-16,18,20-22,24,26-28,30,32-33,36,39,41,43-71H2,1-2H3,(H,75,78)/b7-5-,13-11-,19-17-,25-23-,31-29-,35-34-,38-37-,42-40-. The van der Waals surface area contributed by atoms with E-state index in [1.165, 1.54) is 244 Å². The summed E-state index contributed by atoms with van der Waals surface area (Å²) in [6.45, 7) is 4.27. The topological polar surface area (TPSA) is 69.6 Å². The lowest BCUT2D eigenvalue weighted by Gasteiger charge is -2.22. The molecule has 0 bridgehead atoms. The first-order chi connectivity index (χ1) is 38.7. The number of hydrogen-bond donors (Lipinski definition) is 3. The number of hydrogen-bond acceptors (Lipinski definition) is 3. The third-order valence-electron chi connectivity index (χ3n) is 15.6. The minimum Gasteiger partial charge on any atom is -0.394 e. The molecule has 0 aromatic rings. The van der Waals surface area contributed by atoms with Crippen LogP contribution in [0.15, 0.2) is 97.2 Å². The normalized spacial score (nSPS) is 13.3. The van der Waals surface area contributed by atoms with Crippen molar-refractivity contribution in [3.05, 3.63) is 97.2 Å². The Hall–Kier alpha value is -2.69. The first-order valence-electron chi connectivity index (χ1n) is 34.4. The maximum Gasteiger partial charge on any atom is 0.220 e. The highest BCUT2D eigenvalue weighted by Gasteiger charge is 2.20. The predicted octanol–water partition coefficient (Wildman–Crippen LogP) is 23.6. The molecule has 0 aliphatic heterocycles. The Labute approximate surface area is 487 Å². The van der Waals surface area contributed by atoms with Crippen molar-refractivity contribution in [1.82, 2.24) is 5.32 Å². The number of allylic oxidation sites excluding steroid dienone is 16. The van der Waals surface area contributed by atoms with Crippen LogP contribution in [0.1, 0.15) is 348 Å². The van der Waals surface area contributed by atoms with Gasteiger partial charge in [0.25, 0.3) is 0 Å². The van der Waals surface area contributed by atoms with E-state index in [1.54, 1.807) is 0 Å². The molecular weight excluding hydrogens is 951 g/mol. The Kier molecular flexibility index (Phi) is 66.2. The van der Waals surface area contributed by atoms with Crippen LogP contribution < -0.4 is 5.32 Å². The van der Waals surface area contributed by atoms with E-state index in [2.05, 4.69) is 116 Å². The van der Waals surface area contributed by atoms with Crippen molar-refractivity contribution in [1.29, 1.82) is 0 Å². The molecule has 0 spiro atoms. The van der Waals surface area contributed by atoms with E-state index >= 15 is 0 Å². The lowest BCUT2D eigenvalue weighted by Crippen LogP contribution is -2.45. The van der Waals surface area contributed by atoms with Gasteiger partial charge in [-0.1, -0.05) is 361 Å². The van der Waals surface area contributed by atoms with Crippen molar-refractivity contribution < 1.29 is 15.0 Å². The molecule has 2 atom stereocenters. The number of unbranched alkanes of at least 4 members (excludes halogenated alkanes) is 40. The van der Waals surface area contributed by atoms with Gasteiger partial charge in [0.15, 0.2) is 0 Å². The van der Waals surface area contributed by atoms with Gasteiger partial charge in [-0.3, -0.25) is 4.79 Å². The van der Waals surface area contributed by atoms with Crippen molar-refractivity contribution in [2.24, 2.45) is 0 Å². The van der Waals surface area contributed by atoms with Crippen LogP contribution in [-0.2, 0) is 4.79 Å². The zero-order chi connectivity index (χ0) is 56.2. The van der Waals surface area contributed by atoms with Crippen molar-refractivity contribution in [2.75, 3.05) is 6.61 Å². The highest BCUT2D eigenvalue weighted by Crippen LogP contribution is 2.18. The molecule has 452 valence electrons. The summed E-state index contributed by atoms with van der Waals surface area (Å²) >= 11 is 0. The molecule has 0 aliphatic carbocycles. The molecule has 0 aromatic heterocycles. The van der Waals surface area contributed by atoms with Crippen LogP contribution in [0.2, 0.25) is 0 Å². The van der Waals surface area contributed by atoms with E-state index < -0.39 is 12.1 Å². The molecule has 78 heavy (non-hydrogen) atoms. The fraction of sp³-hybridized carbons (Fsp3) is 0.770. The summed E-state index contributed by atoms with van der Waals surface area (Å²) < 4.78 is 0. The van der Waals surface area contributed by atoms with Crippen LogP contribution in [0.5, 0.6) is 0 Å². The van der Waals surface area contributed by atoms with Crippen LogP contribution in [0.25, 0.3) is 0 Å². The summed E-state index contributed by atoms with van der Waals surface area (Å²) in [5, 5.41) is 23.5. The monoisotopic (exact) mass is 1080 g/mol. The van der Waals surface area contributed by atoms with Crippen molar-refractivity contribution >= 4 is 5.91 Å². The number of carbonyl (C=O) groups excluding carboxylic acids is 1. The summed E-state index contributed by atoms with van der Waals surface area (Å²) in [6, 6.07) is -0.545. The molecule has 0 fully saturated rings. The number of carbonyl (C=O) groups is 1. The average Bonchev–Trinajstić information content (AvgIpc) is 3.44. The third kappa shape index (κ3) is 64.1. The SMILES string of the molecule is CC/C=C\C/C=C\C/C=C\C/C=C\C/C=C\C/C=C\C/C=C\C/C=C\CCCCCCCCCCCCCCC(=O)NC(CO)C(O)CCCCCCCCCCCCCCCCCCCCCCCCCCCCCCC. The summed E-state index contributed by atoms with van der Waals surface area (Å²) in [4.78, 5) is 12.6. The number of amides is 1. The number of nitrogens with one attached hydrogen (secondary N) is 1. The molecule has 0 rings (SSSR count). The second kappa shape index (κ2) is 68.6. The first-order valence-corrected chi connectivity index (χ1v) is 34.4. The van der Waals surface area contributed by atoms with Gasteiger partial charge in [-0.15, -0.1) is 0 Å². The first kappa shape index (κ1) is 75.3. The summed E-state index contributed by atoms with van der Waals surface area (Å²) in [6.07, 6.45) is 102. The van der Waals surface area contributed by atoms with E-state index in [1.807, 2.05) is 0 Å². The fourth-order valence-corrected chi connectivity index (χ4v) is 10.4. The van der Waals surface area contributed by atoms with Crippen LogP contribution in [-0.4, -0.2) is 34.9 Å². The molecule has 1 amide bonds. The van der Waals surface area contributed by atoms with Gasteiger partial charge in [0.2, 0.25) is 5.91 Å². The van der Waals surface area contributed by atoms with Crippen LogP contribution >= 0.6 is 0 Å². The van der Waals surface area contributed by atoms with E-state index in [-0.39, 0.29) is 12.5 Å². The third-order valence-corrected chi connectivity index (χ3v) is 15.6. The molecule has 4 nitrogen and oxygen atoms in total. The second-order valence-electron chi connectivity index (χ2n) is 23.2. The predicted molar refractivity (Wildman–Crippen MR) is 350 cm³/mol. The van der Waals surface area contributed by atoms with E-state index in [9.17, 15) is 15.0 Å². The van der Waals surface area contributed by atoms with E-state index in [0.717, 1.165) is 77.0 Å². The minimum absolute atomic E-state index is 0.0322. The largest absolute Gasteiger partial charge is 0.394 e. The Morgan fingerprint density at radius 3 is 0.846 bits per heavy atom. The fourth-order valence-electron chi connectivity index (χ4n) is 10.4. The highest BCUT2D eigenvalue weighted by molar-refractivity contribution is 5.76. The zero-order valence-electron chi connectivity index (χ0n) is 52.2. The lowest BCUT2D eigenvalue weighted by molar-refractivity contribution is -0.123. The van der Waals surface area contributed by atoms with Crippen LogP contribution in [0, 0.1) is 0 Å². The van der Waals surface area contributed by atoms with Gasteiger partial charge in [-0.2, -0.15) is 0 Å². The molecule has 0 aliphatic rings. The molecule has 2 unspecified atom stereocenters. The smallest absolute Gasteiger partial charge is 0.220 e. The molecule has 3 N–H and O–H groups in total.